The van der Waals surface area contributed by atoms with Crippen LogP contribution in [0.3, 0.4) is 0 Å². The van der Waals surface area contributed by atoms with E-state index < -0.39 is 0 Å². The van der Waals surface area contributed by atoms with E-state index in [9.17, 15) is 0 Å². The molecule has 0 bridgehead atoms. The van der Waals surface area contributed by atoms with E-state index in [2.05, 4.69) is 22.7 Å². The zero-order chi connectivity index (χ0) is 22.0. The van der Waals surface area contributed by atoms with Gasteiger partial charge in [-0.25, -0.2) is 0 Å². The molecule has 4 heteroatoms. The van der Waals surface area contributed by atoms with Gasteiger partial charge in [-0.2, -0.15) is 0 Å². The molecule has 188 valence electrons. The van der Waals surface area contributed by atoms with Crippen LogP contribution < -0.4 is 0 Å². The Kier molecular flexibility index (Phi) is 12.3. The Labute approximate surface area is 214 Å². The number of hydrogen-bond acceptors (Lipinski definition) is 1. The summed E-state index contributed by atoms with van der Waals surface area (Å²) in [6, 6.07) is 0. The van der Waals surface area contributed by atoms with E-state index in [1.807, 2.05) is 0 Å². The first-order chi connectivity index (χ1) is 15.8. The summed E-state index contributed by atoms with van der Waals surface area (Å²) in [6.07, 6.45) is 34.2. The Bertz CT molecular complexity index is 414. The minimum atomic E-state index is 0.284. The molecule has 0 amide bonds. The van der Waals surface area contributed by atoms with Gasteiger partial charge in [0.1, 0.15) is 0 Å². The van der Waals surface area contributed by atoms with Gasteiger partial charge in [0.15, 0.2) is 0 Å². The van der Waals surface area contributed by atoms with Gasteiger partial charge in [0.2, 0.25) is 0 Å². The molecule has 4 rings (SSSR count). The first kappa shape index (κ1) is 26.5. The fourth-order valence-corrected chi connectivity index (χ4v) is 16.6. The van der Waals surface area contributed by atoms with Gasteiger partial charge >= 0.3 is 215 Å². The van der Waals surface area contributed by atoms with Gasteiger partial charge in [0, 0.05) is 0 Å². The average Bonchev–Trinajstić information content (AvgIpc) is 2.87. The van der Waals surface area contributed by atoms with Crippen molar-refractivity contribution >= 4 is 15.8 Å². The summed E-state index contributed by atoms with van der Waals surface area (Å²) < 4.78 is 2.81. The van der Waals surface area contributed by atoms with Crippen LogP contribution >= 0.6 is 15.8 Å². The van der Waals surface area contributed by atoms with E-state index in [1.165, 1.54) is 38.8 Å². The fourth-order valence-electron chi connectivity index (χ4n) is 7.53. The van der Waals surface area contributed by atoms with Crippen molar-refractivity contribution in [1.29, 1.82) is 0 Å². The first-order valence-electron chi connectivity index (χ1n) is 14.7. The second-order valence-electron chi connectivity index (χ2n) is 11.5. The third kappa shape index (κ3) is 8.26. The molecule has 0 heterocycles. The van der Waals surface area contributed by atoms with E-state index in [-0.39, 0.29) is 15.8 Å². The van der Waals surface area contributed by atoms with Crippen LogP contribution in [0, 0.1) is 0 Å². The van der Waals surface area contributed by atoms with Crippen molar-refractivity contribution in [2.24, 2.45) is 0 Å². The molecule has 32 heavy (non-hydrogen) atoms. The Balaban J connectivity index is 1.28. The van der Waals surface area contributed by atoms with Crippen molar-refractivity contribution in [2.75, 3.05) is 25.4 Å². The van der Waals surface area contributed by atoms with Gasteiger partial charge in [0.25, 0.3) is 0 Å². The third-order valence-corrected chi connectivity index (χ3v) is 17.7. The monoisotopic (exact) mass is 657 g/mol. The van der Waals surface area contributed by atoms with Gasteiger partial charge in [-0.15, -0.1) is 0 Å². The zero-order valence-corrected chi connectivity index (χ0v) is 25.1. The summed E-state index contributed by atoms with van der Waals surface area (Å²) in [4.78, 5) is 0. The molecular weight excluding hydrogens is 604 g/mol. The second kappa shape index (κ2) is 14.9. The van der Waals surface area contributed by atoms with Crippen LogP contribution in [0.2, 0.25) is 0 Å². The summed E-state index contributed by atoms with van der Waals surface area (Å²) in [5.74, 6) is 0. The molecule has 0 aromatic carbocycles. The van der Waals surface area contributed by atoms with Crippen LogP contribution in [-0.2, 0) is 19.1 Å². The standard InChI is InChI=1S/C28H52NP2.Ir/c1-5-13-25(14-6-1)30(26-15-7-2-8-16-26)23-21-29-22-24-31(27-17-9-3-10-18-27)28-19-11-4-12-20-28;/h25-28H,1-24H2;/q-1;+1. The van der Waals surface area contributed by atoms with Gasteiger partial charge < -0.3 is 0 Å². The van der Waals surface area contributed by atoms with Crippen LogP contribution in [0.5, 0.6) is 0 Å². The molecule has 0 saturated heterocycles. The number of nitrogens with zero attached hydrogens (tertiary/aromatic N) is 1. The van der Waals surface area contributed by atoms with Crippen LogP contribution in [0.15, 0.2) is 0 Å². The topological polar surface area (TPSA) is 3.24 Å². The first-order valence-corrected chi connectivity index (χ1v) is 19.1. The summed E-state index contributed by atoms with van der Waals surface area (Å²) in [7, 11) is 0.568. The minimum absolute atomic E-state index is 0.284. The molecule has 4 aliphatic rings. The second-order valence-corrected chi connectivity index (χ2v) is 18.9. The average molecular weight is 657 g/mol. The summed E-state index contributed by atoms with van der Waals surface area (Å²) in [6.45, 7) is 2.83. The third-order valence-electron chi connectivity index (χ3n) is 9.36. The van der Waals surface area contributed by atoms with Crippen molar-refractivity contribution in [1.82, 2.24) is 3.57 Å². The van der Waals surface area contributed by atoms with Crippen molar-refractivity contribution in [3.8, 4) is 0 Å². The van der Waals surface area contributed by atoms with Crippen molar-refractivity contribution in [3.05, 3.63) is 0 Å². The summed E-state index contributed by atoms with van der Waals surface area (Å²) in [5.41, 5.74) is 4.54. The quantitative estimate of drug-likeness (QED) is 0.212. The Morgan fingerprint density at radius 3 is 0.938 bits per heavy atom. The zero-order valence-electron chi connectivity index (χ0n) is 21.0. The Morgan fingerprint density at radius 1 is 0.438 bits per heavy atom. The van der Waals surface area contributed by atoms with E-state index in [1.54, 1.807) is 115 Å². The fraction of sp³-hybridized carbons (Fsp3) is 1.00. The molecular formula is C28H52IrNP2. The maximum absolute atomic E-state index is 2.81. The SMILES string of the molecule is [Ir][N](CCP(C1CCCCC1)C1CCCCC1)CCP(C1CCCCC1)C1CCCCC1. The van der Waals surface area contributed by atoms with Crippen LogP contribution in [-0.4, -0.2) is 51.6 Å². The van der Waals surface area contributed by atoms with E-state index >= 15 is 0 Å². The molecule has 0 N–H and O–H groups in total. The molecule has 0 spiro atoms. The molecule has 0 radical (unpaired) electrons. The molecule has 0 unspecified atom stereocenters. The van der Waals surface area contributed by atoms with Gasteiger partial charge in [-0.1, -0.05) is 0 Å². The maximum atomic E-state index is 2.81. The molecule has 0 aliphatic heterocycles. The molecule has 1 nitrogen and oxygen atoms in total. The van der Waals surface area contributed by atoms with Crippen LogP contribution in [0.4, 0.5) is 0 Å². The van der Waals surface area contributed by atoms with Gasteiger partial charge in [-0.05, 0) is 0 Å². The number of rotatable bonds is 10. The van der Waals surface area contributed by atoms with Crippen molar-refractivity contribution < 1.29 is 19.1 Å². The van der Waals surface area contributed by atoms with Crippen LogP contribution in [0.1, 0.15) is 128 Å². The normalized spacial score (nSPS) is 25.9. The molecule has 0 aromatic rings. The Morgan fingerprint density at radius 2 is 0.688 bits per heavy atom. The molecule has 0 aromatic heterocycles. The van der Waals surface area contributed by atoms with E-state index in [0.717, 1.165) is 22.6 Å². The summed E-state index contributed by atoms with van der Waals surface area (Å²) >= 11 is 2.49. The molecule has 4 aliphatic carbocycles. The molecule has 0 atom stereocenters. The van der Waals surface area contributed by atoms with E-state index in [0.29, 0.717) is 0 Å². The molecule has 4 saturated carbocycles. The Hall–Kier alpha value is 1.47. The van der Waals surface area contributed by atoms with Gasteiger partial charge in [0.05, 0.1) is 0 Å². The van der Waals surface area contributed by atoms with Crippen molar-refractivity contribution in [3.63, 3.8) is 0 Å². The van der Waals surface area contributed by atoms with Crippen LogP contribution in [0.25, 0.3) is 0 Å². The van der Waals surface area contributed by atoms with Crippen molar-refractivity contribution in [2.45, 2.75) is 151 Å². The van der Waals surface area contributed by atoms with Gasteiger partial charge in [-0.3, -0.25) is 0 Å². The summed E-state index contributed by atoms with van der Waals surface area (Å²) in [5, 5.41) is 0. The predicted molar refractivity (Wildman–Crippen MR) is 143 cm³/mol. The number of hydrogen-bond donors (Lipinski definition) is 0. The molecule has 4 fully saturated rings. The predicted octanol–water partition coefficient (Wildman–Crippen LogP) is 9.04. The van der Waals surface area contributed by atoms with E-state index in [4.69, 9.17) is 0 Å².